The van der Waals surface area contributed by atoms with E-state index in [0.717, 1.165) is 40.6 Å². The van der Waals surface area contributed by atoms with E-state index in [1.807, 2.05) is 66.7 Å². The van der Waals surface area contributed by atoms with Crippen molar-refractivity contribution in [3.63, 3.8) is 0 Å². The van der Waals surface area contributed by atoms with Crippen LogP contribution in [-0.2, 0) is 10.2 Å². The minimum atomic E-state index is -0.389. The summed E-state index contributed by atoms with van der Waals surface area (Å²) in [5.41, 5.74) is 1.52. The number of fused-ring (bicyclic) bond motifs is 1. The van der Waals surface area contributed by atoms with Crippen LogP contribution in [-0.4, -0.2) is 12.5 Å². The fourth-order valence-electron chi connectivity index (χ4n) is 3.43. The van der Waals surface area contributed by atoms with Gasteiger partial charge in [0.1, 0.15) is 12.4 Å². The molecular weight excluding hydrogens is 322 g/mol. The first-order valence-corrected chi connectivity index (χ1v) is 8.87. The molecule has 1 fully saturated rings. The van der Waals surface area contributed by atoms with Crippen LogP contribution in [0.4, 0.5) is 5.69 Å². The van der Waals surface area contributed by atoms with Crippen molar-refractivity contribution in [1.29, 1.82) is 0 Å². The summed E-state index contributed by atoms with van der Waals surface area (Å²) in [5, 5.41) is 5.12. The normalized spacial score (nSPS) is 14.6. The van der Waals surface area contributed by atoms with Gasteiger partial charge in [0.25, 0.3) is 0 Å². The van der Waals surface area contributed by atoms with E-state index in [-0.39, 0.29) is 11.3 Å². The van der Waals surface area contributed by atoms with Crippen LogP contribution in [0.1, 0.15) is 18.4 Å². The maximum Gasteiger partial charge on any atom is 0.235 e. The van der Waals surface area contributed by atoms with Crippen LogP contribution in [0.5, 0.6) is 5.75 Å². The molecule has 0 saturated heterocycles. The molecule has 0 aliphatic heterocycles. The van der Waals surface area contributed by atoms with Crippen molar-refractivity contribution in [2.24, 2.45) is 0 Å². The van der Waals surface area contributed by atoms with Gasteiger partial charge in [0.15, 0.2) is 0 Å². The minimum absolute atomic E-state index is 0.0635. The van der Waals surface area contributed by atoms with Crippen LogP contribution in [0.2, 0.25) is 0 Å². The Morgan fingerprint density at radius 2 is 1.69 bits per heavy atom. The zero-order valence-corrected chi connectivity index (χ0v) is 14.6. The van der Waals surface area contributed by atoms with Gasteiger partial charge in [-0.25, -0.2) is 0 Å². The van der Waals surface area contributed by atoms with Crippen molar-refractivity contribution in [1.82, 2.24) is 0 Å². The lowest BCUT2D eigenvalue weighted by molar-refractivity contribution is -0.118. The van der Waals surface area contributed by atoms with Crippen molar-refractivity contribution in [3.8, 4) is 5.75 Å². The molecule has 0 bridgehead atoms. The SMILES string of the molecule is C=CCOc1ccc(NC(=O)C2(c3ccccc3)CC2)c2ccccc12. The van der Waals surface area contributed by atoms with Crippen LogP contribution < -0.4 is 10.1 Å². The van der Waals surface area contributed by atoms with E-state index in [1.165, 1.54) is 0 Å². The summed E-state index contributed by atoms with van der Waals surface area (Å²) in [7, 11) is 0. The van der Waals surface area contributed by atoms with Crippen molar-refractivity contribution < 1.29 is 9.53 Å². The van der Waals surface area contributed by atoms with Gasteiger partial charge in [0.2, 0.25) is 5.91 Å². The van der Waals surface area contributed by atoms with E-state index in [4.69, 9.17) is 4.74 Å². The summed E-state index contributed by atoms with van der Waals surface area (Å²) in [4.78, 5) is 13.0. The first-order valence-electron chi connectivity index (χ1n) is 8.87. The Morgan fingerprint density at radius 3 is 2.38 bits per heavy atom. The van der Waals surface area contributed by atoms with Crippen molar-refractivity contribution >= 4 is 22.4 Å². The maximum absolute atomic E-state index is 13.0. The molecule has 3 aromatic carbocycles. The van der Waals surface area contributed by atoms with E-state index < -0.39 is 0 Å². The van der Waals surface area contributed by atoms with E-state index >= 15 is 0 Å². The summed E-state index contributed by atoms with van der Waals surface area (Å²) in [5.74, 6) is 0.858. The number of ether oxygens (including phenoxy) is 1. The van der Waals surface area contributed by atoms with Gasteiger partial charge in [-0.05, 0) is 30.5 Å². The molecule has 3 heteroatoms. The highest BCUT2D eigenvalue weighted by Crippen LogP contribution is 2.49. The second kappa shape index (κ2) is 6.68. The number of benzene rings is 3. The third kappa shape index (κ3) is 2.86. The molecule has 0 unspecified atom stereocenters. The minimum Gasteiger partial charge on any atom is -0.489 e. The second-order valence-electron chi connectivity index (χ2n) is 6.66. The topological polar surface area (TPSA) is 38.3 Å². The average molecular weight is 343 g/mol. The lowest BCUT2D eigenvalue weighted by Crippen LogP contribution is -2.27. The molecule has 3 nitrogen and oxygen atoms in total. The predicted molar refractivity (Wildman–Crippen MR) is 106 cm³/mol. The van der Waals surface area contributed by atoms with Crippen LogP contribution in [0.3, 0.4) is 0 Å². The molecule has 0 atom stereocenters. The third-order valence-electron chi connectivity index (χ3n) is 5.00. The highest BCUT2D eigenvalue weighted by Gasteiger charge is 2.51. The smallest absolute Gasteiger partial charge is 0.235 e. The molecule has 0 heterocycles. The van der Waals surface area contributed by atoms with Gasteiger partial charge in [-0.1, -0.05) is 67.3 Å². The van der Waals surface area contributed by atoms with Gasteiger partial charge in [-0.15, -0.1) is 0 Å². The Balaban J connectivity index is 1.66. The highest BCUT2D eigenvalue weighted by molar-refractivity contribution is 6.08. The Hall–Kier alpha value is -3.07. The number of carbonyl (C=O) groups is 1. The number of hydrogen-bond donors (Lipinski definition) is 1. The van der Waals surface area contributed by atoms with Gasteiger partial charge in [-0.3, -0.25) is 4.79 Å². The monoisotopic (exact) mass is 343 g/mol. The van der Waals surface area contributed by atoms with Crippen molar-refractivity contribution in [3.05, 3.63) is 84.9 Å². The third-order valence-corrected chi connectivity index (χ3v) is 5.00. The standard InChI is InChI=1S/C23H21NO2/c1-2-16-26-21-13-12-20(18-10-6-7-11-19(18)21)24-22(25)23(14-15-23)17-8-4-3-5-9-17/h2-13H,1,14-16H2,(H,24,25). The molecule has 4 rings (SSSR count). The van der Waals surface area contributed by atoms with Gasteiger partial charge >= 0.3 is 0 Å². The van der Waals surface area contributed by atoms with E-state index in [0.29, 0.717) is 6.61 Å². The molecule has 1 N–H and O–H groups in total. The van der Waals surface area contributed by atoms with E-state index in [1.54, 1.807) is 6.08 Å². The molecular formula is C23H21NO2. The number of anilines is 1. The van der Waals surface area contributed by atoms with Crippen molar-refractivity contribution in [2.45, 2.75) is 18.3 Å². The van der Waals surface area contributed by atoms with Gasteiger partial charge < -0.3 is 10.1 Å². The fraction of sp³-hybridized carbons (Fsp3) is 0.174. The molecule has 1 aliphatic carbocycles. The second-order valence-corrected chi connectivity index (χ2v) is 6.66. The zero-order valence-electron chi connectivity index (χ0n) is 14.6. The molecule has 1 saturated carbocycles. The Bertz CT molecular complexity index is 958. The van der Waals surface area contributed by atoms with Crippen LogP contribution >= 0.6 is 0 Å². The number of carbonyl (C=O) groups excluding carboxylic acids is 1. The molecule has 3 aromatic rings. The molecule has 130 valence electrons. The number of nitrogens with one attached hydrogen (secondary N) is 1. The first-order chi connectivity index (χ1) is 12.7. The average Bonchev–Trinajstić information content (AvgIpc) is 3.50. The van der Waals surface area contributed by atoms with Gasteiger partial charge in [0, 0.05) is 16.5 Å². The van der Waals surface area contributed by atoms with Gasteiger partial charge in [0.05, 0.1) is 5.41 Å². The number of amides is 1. The molecule has 0 radical (unpaired) electrons. The van der Waals surface area contributed by atoms with Crippen LogP contribution in [0, 0.1) is 0 Å². The predicted octanol–water partition coefficient (Wildman–Crippen LogP) is 5.07. The maximum atomic E-state index is 13.0. The molecule has 1 amide bonds. The Kier molecular flexibility index (Phi) is 4.21. The van der Waals surface area contributed by atoms with Crippen molar-refractivity contribution in [2.75, 3.05) is 11.9 Å². The molecule has 0 spiro atoms. The largest absolute Gasteiger partial charge is 0.489 e. The molecule has 0 aromatic heterocycles. The van der Waals surface area contributed by atoms with E-state index in [9.17, 15) is 4.79 Å². The summed E-state index contributed by atoms with van der Waals surface area (Å²) in [6, 6.07) is 21.8. The first kappa shape index (κ1) is 16.4. The lowest BCUT2D eigenvalue weighted by Gasteiger charge is -2.18. The van der Waals surface area contributed by atoms with E-state index in [2.05, 4.69) is 11.9 Å². The number of rotatable bonds is 6. The Labute approximate surface area is 153 Å². The quantitative estimate of drug-likeness (QED) is 0.634. The lowest BCUT2D eigenvalue weighted by atomic mass is 9.94. The van der Waals surface area contributed by atoms with Crippen LogP contribution in [0.25, 0.3) is 10.8 Å². The summed E-state index contributed by atoms with van der Waals surface area (Å²) in [6.45, 7) is 4.14. The molecule has 1 aliphatic rings. The zero-order chi connectivity index (χ0) is 18.0. The Morgan fingerprint density at radius 1 is 1.00 bits per heavy atom. The van der Waals surface area contributed by atoms with Gasteiger partial charge in [-0.2, -0.15) is 0 Å². The number of hydrogen-bond acceptors (Lipinski definition) is 2. The fourth-order valence-corrected chi connectivity index (χ4v) is 3.43. The molecule has 26 heavy (non-hydrogen) atoms. The van der Waals surface area contributed by atoms with Crippen LogP contribution in [0.15, 0.2) is 79.4 Å². The highest BCUT2D eigenvalue weighted by atomic mass is 16.5. The summed E-state index contributed by atoms with van der Waals surface area (Å²) in [6.07, 6.45) is 3.50. The summed E-state index contributed by atoms with van der Waals surface area (Å²) < 4.78 is 5.75. The summed E-state index contributed by atoms with van der Waals surface area (Å²) >= 11 is 0.